The number of hydrogen-bond donors (Lipinski definition) is 1. The number of aryl methyl sites for hydroxylation is 1. The Morgan fingerprint density at radius 1 is 1.17 bits per heavy atom. The van der Waals surface area contributed by atoms with Gasteiger partial charge in [0.15, 0.2) is 5.69 Å². The van der Waals surface area contributed by atoms with E-state index in [1.165, 1.54) is 15.6 Å². The van der Waals surface area contributed by atoms with E-state index in [9.17, 15) is 18.0 Å². The lowest BCUT2D eigenvalue weighted by molar-refractivity contribution is -0.146. The molecule has 0 spiro atoms. The van der Waals surface area contributed by atoms with E-state index in [-0.39, 0.29) is 24.9 Å². The van der Waals surface area contributed by atoms with Crippen molar-refractivity contribution in [2.24, 2.45) is 5.92 Å². The molecule has 0 saturated carbocycles. The molecule has 1 aromatic rings. The molecule has 0 radical (unpaired) electrons. The molecule has 2 rings (SSSR count). The number of nitrogens with one attached hydrogen (secondary N) is 1. The molecule has 1 saturated heterocycles. The highest BCUT2D eigenvalue weighted by molar-refractivity contribution is 7.88. The van der Waals surface area contributed by atoms with Gasteiger partial charge in [0, 0.05) is 45.5 Å². The van der Waals surface area contributed by atoms with Crippen LogP contribution in [0, 0.1) is 19.4 Å². The zero-order chi connectivity index (χ0) is 26.2. The van der Waals surface area contributed by atoms with Gasteiger partial charge >= 0.3 is 0 Å². The summed E-state index contributed by atoms with van der Waals surface area (Å²) < 4.78 is 24.9. The molecule has 2 amide bonds. The van der Waals surface area contributed by atoms with Crippen molar-refractivity contribution in [2.45, 2.75) is 33.6 Å². The molecule has 1 aliphatic heterocycles. The average Bonchev–Trinajstić information content (AvgIpc) is 2.80. The normalized spacial score (nSPS) is 15.0. The van der Waals surface area contributed by atoms with Gasteiger partial charge in [0.1, 0.15) is 0 Å². The number of carbonyl (C=O) groups excluding carboxylic acids is 2. The molecule has 1 N–H and O–H groups in total. The van der Waals surface area contributed by atoms with Gasteiger partial charge in [0.25, 0.3) is 5.91 Å². The molecule has 194 valence electrons. The summed E-state index contributed by atoms with van der Waals surface area (Å²) in [7, 11) is -1.61. The molecule has 1 aromatic carbocycles. The van der Waals surface area contributed by atoms with Gasteiger partial charge in [-0.1, -0.05) is 26.0 Å². The Morgan fingerprint density at radius 2 is 1.83 bits per heavy atom. The van der Waals surface area contributed by atoms with Crippen LogP contribution in [0.2, 0.25) is 0 Å². The monoisotopic (exact) mass is 506 g/mol. The maximum atomic E-state index is 13.2. The van der Waals surface area contributed by atoms with Crippen molar-refractivity contribution in [1.82, 2.24) is 19.6 Å². The van der Waals surface area contributed by atoms with Gasteiger partial charge in [0.05, 0.1) is 25.9 Å². The third-order valence-corrected chi connectivity index (χ3v) is 7.38. The number of anilines is 1. The third kappa shape index (κ3) is 8.80. The molecule has 0 aliphatic carbocycles. The van der Waals surface area contributed by atoms with E-state index in [2.05, 4.69) is 24.0 Å². The summed E-state index contributed by atoms with van der Waals surface area (Å²) in [6.45, 7) is 15.4. The zero-order valence-electron chi connectivity index (χ0n) is 21.5. The van der Waals surface area contributed by atoms with Crippen LogP contribution in [0.3, 0.4) is 0 Å². The van der Waals surface area contributed by atoms with Gasteiger partial charge in [-0.2, -0.15) is 4.31 Å². The fraction of sp³-hybridized carbons (Fsp3) is 0.625. The molecule has 11 heteroatoms. The number of nitrogens with zero attached hydrogens (tertiary/aromatic N) is 5. The zero-order valence-corrected chi connectivity index (χ0v) is 22.3. The Bertz CT molecular complexity index is 1030. The smallest absolute Gasteiger partial charge is 0.256 e. The highest BCUT2D eigenvalue weighted by Gasteiger charge is 2.28. The molecule has 1 fully saturated rings. The van der Waals surface area contributed by atoms with E-state index < -0.39 is 10.0 Å². The van der Waals surface area contributed by atoms with E-state index in [4.69, 9.17) is 6.57 Å². The second-order valence-electron chi connectivity index (χ2n) is 9.36. The van der Waals surface area contributed by atoms with Crippen molar-refractivity contribution in [3.05, 3.63) is 35.2 Å². The fourth-order valence-electron chi connectivity index (χ4n) is 3.93. The van der Waals surface area contributed by atoms with Crippen LogP contribution in [0.4, 0.5) is 11.4 Å². The number of sulfonamides is 1. The van der Waals surface area contributed by atoms with Crippen molar-refractivity contribution in [2.75, 3.05) is 64.0 Å². The maximum absolute atomic E-state index is 13.2. The SMILES string of the molecule is [C-]#[N+]c1ccc(C)c(N(CC(=O)NCCCC(C)C)CC(=O)N(C)N2CCN(S(C)(=O)=O)CC2)c1. The minimum Gasteiger partial charge on any atom is -0.355 e. The minimum atomic E-state index is -3.26. The van der Waals surface area contributed by atoms with Crippen LogP contribution < -0.4 is 10.2 Å². The fourth-order valence-corrected chi connectivity index (χ4v) is 4.76. The Labute approximate surface area is 209 Å². The standard InChI is InChI=1S/C24H38N6O4S/c1-19(2)8-7-11-26-23(31)17-28(22-16-21(25-4)10-9-20(22)3)18-24(32)27(5)29-12-14-30(15-13-29)35(6,33)34/h9-10,16,19H,7-8,11-15,17-18H2,1-3,5-6H3,(H,26,31). The Hall–Kier alpha value is -2.68. The van der Waals surface area contributed by atoms with E-state index >= 15 is 0 Å². The second kappa shape index (κ2) is 12.9. The van der Waals surface area contributed by atoms with Gasteiger partial charge in [-0.05, 0) is 37.3 Å². The predicted octanol–water partition coefficient (Wildman–Crippen LogP) is 1.86. The lowest BCUT2D eigenvalue weighted by atomic mass is 10.1. The number of carbonyl (C=O) groups is 2. The summed E-state index contributed by atoms with van der Waals surface area (Å²) in [5.41, 5.74) is 1.97. The first-order valence-electron chi connectivity index (χ1n) is 11.9. The highest BCUT2D eigenvalue weighted by Crippen LogP contribution is 2.26. The number of rotatable bonds is 11. The summed E-state index contributed by atoms with van der Waals surface area (Å²) in [5.74, 6) is 0.159. The summed E-state index contributed by atoms with van der Waals surface area (Å²) in [6.07, 6.45) is 3.09. The van der Waals surface area contributed by atoms with Crippen LogP contribution in [-0.4, -0.2) is 93.7 Å². The largest absolute Gasteiger partial charge is 0.355 e. The number of hydrazine groups is 1. The maximum Gasteiger partial charge on any atom is 0.256 e. The first-order chi connectivity index (χ1) is 16.4. The summed E-state index contributed by atoms with van der Waals surface area (Å²) in [5, 5.41) is 6.25. The number of amides is 2. The van der Waals surface area contributed by atoms with Crippen molar-refractivity contribution < 1.29 is 18.0 Å². The van der Waals surface area contributed by atoms with Crippen LogP contribution >= 0.6 is 0 Å². The first kappa shape index (κ1) is 28.6. The Balaban J connectivity index is 2.11. The molecular weight excluding hydrogens is 468 g/mol. The van der Waals surface area contributed by atoms with E-state index in [0.29, 0.717) is 50.0 Å². The molecule has 10 nitrogen and oxygen atoms in total. The molecule has 0 bridgehead atoms. The molecule has 35 heavy (non-hydrogen) atoms. The van der Waals surface area contributed by atoms with Crippen molar-refractivity contribution in [3.63, 3.8) is 0 Å². The average molecular weight is 507 g/mol. The Kier molecular flexibility index (Phi) is 10.5. The van der Waals surface area contributed by atoms with Crippen molar-refractivity contribution in [3.8, 4) is 0 Å². The van der Waals surface area contributed by atoms with Gasteiger partial charge in [-0.15, -0.1) is 0 Å². The lowest BCUT2D eigenvalue weighted by Gasteiger charge is -2.39. The van der Waals surface area contributed by atoms with Crippen LogP contribution in [0.15, 0.2) is 18.2 Å². The summed E-state index contributed by atoms with van der Waals surface area (Å²) >= 11 is 0. The van der Waals surface area contributed by atoms with E-state index in [1.807, 2.05) is 18.0 Å². The minimum absolute atomic E-state index is 0.00852. The third-order valence-electron chi connectivity index (χ3n) is 6.07. The van der Waals surface area contributed by atoms with E-state index in [1.54, 1.807) is 24.1 Å². The van der Waals surface area contributed by atoms with Crippen LogP contribution in [0.25, 0.3) is 4.85 Å². The van der Waals surface area contributed by atoms with Crippen LogP contribution in [0.1, 0.15) is 32.3 Å². The lowest BCUT2D eigenvalue weighted by Crippen LogP contribution is -2.56. The Morgan fingerprint density at radius 3 is 2.40 bits per heavy atom. The predicted molar refractivity (Wildman–Crippen MR) is 137 cm³/mol. The molecule has 0 atom stereocenters. The van der Waals surface area contributed by atoms with Crippen molar-refractivity contribution in [1.29, 1.82) is 0 Å². The number of likely N-dealkylation sites (N-methyl/N-ethyl adjacent to an activating group) is 1. The second-order valence-corrected chi connectivity index (χ2v) is 11.3. The molecule has 0 aromatic heterocycles. The molecular formula is C24H38N6O4S. The van der Waals surface area contributed by atoms with Gasteiger partial charge in [0.2, 0.25) is 15.9 Å². The molecule has 0 unspecified atom stereocenters. The number of piperazine rings is 1. The van der Waals surface area contributed by atoms with Crippen molar-refractivity contribution >= 4 is 33.2 Å². The van der Waals surface area contributed by atoms with E-state index in [0.717, 1.165) is 18.4 Å². The van der Waals surface area contributed by atoms with Gasteiger partial charge < -0.3 is 10.2 Å². The quantitative estimate of drug-likeness (QED) is 0.363. The highest BCUT2D eigenvalue weighted by atomic mass is 32.2. The molecule has 1 heterocycles. The van der Waals surface area contributed by atoms with Crippen LogP contribution in [-0.2, 0) is 19.6 Å². The van der Waals surface area contributed by atoms with Gasteiger partial charge in [-0.3, -0.25) is 14.6 Å². The van der Waals surface area contributed by atoms with Gasteiger partial charge in [-0.25, -0.2) is 18.3 Å². The van der Waals surface area contributed by atoms with Crippen LogP contribution in [0.5, 0.6) is 0 Å². The number of benzene rings is 1. The topological polar surface area (TPSA) is 97.6 Å². The molecule has 1 aliphatic rings. The first-order valence-corrected chi connectivity index (χ1v) is 13.7. The summed E-state index contributed by atoms with van der Waals surface area (Å²) in [6, 6.07) is 5.23. The number of hydrogen-bond acceptors (Lipinski definition) is 6. The summed E-state index contributed by atoms with van der Waals surface area (Å²) in [4.78, 5) is 31.1.